The first-order valence-electron chi connectivity index (χ1n) is 9.33. The highest BCUT2D eigenvalue weighted by Crippen LogP contribution is 2.54. The van der Waals surface area contributed by atoms with Crippen molar-refractivity contribution in [3.05, 3.63) is 60.7 Å². The minimum absolute atomic E-state index is 0.163. The van der Waals surface area contributed by atoms with Crippen LogP contribution >= 0.6 is 0 Å². The molecule has 0 amide bonds. The highest BCUT2D eigenvalue weighted by atomic mass is 16.6. The summed E-state index contributed by atoms with van der Waals surface area (Å²) in [5.41, 5.74) is -0.207. The lowest BCUT2D eigenvalue weighted by Crippen LogP contribution is -2.41. The van der Waals surface area contributed by atoms with Gasteiger partial charge in [-0.05, 0) is 31.9 Å². The number of hydrogen-bond acceptors (Lipinski definition) is 5. The quantitative estimate of drug-likeness (QED) is 0.439. The Labute approximate surface area is 159 Å². The maximum atomic E-state index is 12.8. The van der Waals surface area contributed by atoms with Crippen molar-refractivity contribution in [2.24, 2.45) is 16.3 Å². The zero-order chi connectivity index (χ0) is 19.5. The van der Waals surface area contributed by atoms with Gasteiger partial charge >= 0.3 is 11.9 Å². The molecule has 1 saturated carbocycles. The van der Waals surface area contributed by atoms with Gasteiger partial charge in [0.25, 0.3) is 0 Å². The smallest absolute Gasteiger partial charge is 0.323 e. The third-order valence-electron chi connectivity index (χ3n) is 5.34. The van der Waals surface area contributed by atoms with E-state index in [1.165, 1.54) is 0 Å². The summed E-state index contributed by atoms with van der Waals surface area (Å²) in [6.07, 6.45) is 6.23. The van der Waals surface area contributed by atoms with Crippen LogP contribution in [-0.2, 0) is 19.1 Å². The molecule has 3 rings (SSSR count). The lowest BCUT2D eigenvalue weighted by atomic mass is 9.83. The summed E-state index contributed by atoms with van der Waals surface area (Å²) in [6, 6.07) is 9.84. The predicted octanol–water partition coefficient (Wildman–Crippen LogP) is 3.49. The monoisotopic (exact) mass is 367 g/mol. The average Bonchev–Trinajstić information content (AvgIpc) is 3.26. The Morgan fingerprint density at radius 3 is 2.37 bits per heavy atom. The highest BCUT2D eigenvalue weighted by molar-refractivity contribution is 6.11. The predicted molar refractivity (Wildman–Crippen MR) is 103 cm³/mol. The van der Waals surface area contributed by atoms with Crippen LogP contribution in [0.4, 0.5) is 0 Å². The fourth-order valence-electron chi connectivity index (χ4n) is 4.06. The van der Waals surface area contributed by atoms with Crippen molar-refractivity contribution < 1.29 is 19.1 Å². The van der Waals surface area contributed by atoms with E-state index in [-0.39, 0.29) is 32.0 Å². The molecular weight excluding hydrogens is 342 g/mol. The molecule has 1 heterocycles. The fourth-order valence-corrected chi connectivity index (χ4v) is 4.06. The van der Waals surface area contributed by atoms with E-state index in [2.05, 4.69) is 6.58 Å². The molecule has 0 bridgehead atoms. The Hall–Kier alpha value is -2.69. The van der Waals surface area contributed by atoms with Gasteiger partial charge in [0.15, 0.2) is 5.41 Å². The van der Waals surface area contributed by atoms with Crippen LogP contribution in [0.5, 0.6) is 0 Å². The van der Waals surface area contributed by atoms with E-state index >= 15 is 0 Å². The van der Waals surface area contributed by atoms with Crippen molar-refractivity contribution in [1.29, 1.82) is 0 Å². The van der Waals surface area contributed by atoms with Gasteiger partial charge in [0.2, 0.25) is 0 Å². The van der Waals surface area contributed by atoms with Crippen LogP contribution in [0.3, 0.4) is 0 Å². The molecule has 0 unspecified atom stereocenters. The van der Waals surface area contributed by atoms with Gasteiger partial charge in [0.1, 0.15) is 0 Å². The second kappa shape index (κ2) is 7.51. The van der Waals surface area contributed by atoms with Crippen LogP contribution in [0.15, 0.2) is 60.1 Å². The molecule has 1 fully saturated rings. The number of carbonyl (C=O) groups is 2. The molecule has 142 valence electrons. The first-order valence-corrected chi connectivity index (χ1v) is 9.33. The molecule has 27 heavy (non-hydrogen) atoms. The lowest BCUT2D eigenvalue weighted by Gasteiger charge is -2.26. The average molecular weight is 367 g/mol. The first kappa shape index (κ1) is 19.1. The van der Waals surface area contributed by atoms with Crippen LogP contribution in [0.1, 0.15) is 32.3 Å². The number of carbonyl (C=O) groups excluding carboxylic acids is 2. The normalized spacial score (nSPS) is 25.3. The molecule has 0 N–H and O–H groups in total. The van der Waals surface area contributed by atoms with Gasteiger partial charge in [-0.15, -0.1) is 6.58 Å². The van der Waals surface area contributed by atoms with Crippen molar-refractivity contribution in [3.63, 3.8) is 0 Å². The summed E-state index contributed by atoms with van der Waals surface area (Å²) < 4.78 is 10.5. The SMILES string of the molecule is C=C[C@H]1CC(C(=O)OCC)(C(=O)OCC)C[C@]12C=CC(c1ccccc1)=N2. The molecule has 2 atom stereocenters. The number of nitrogens with zero attached hydrogens (tertiary/aromatic N) is 1. The zero-order valence-corrected chi connectivity index (χ0v) is 15.8. The van der Waals surface area contributed by atoms with E-state index in [0.29, 0.717) is 0 Å². The molecule has 5 heteroatoms. The Kier molecular flexibility index (Phi) is 5.31. The highest BCUT2D eigenvalue weighted by Gasteiger charge is 2.63. The van der Waals surface area contributed by atoms with Crippen LogP contribution < -0.4 is 0 Å². The van der Waals surface area contributed by atoms with E-state index in [1.807, 2.05) is 42.5 Å². The van der Waals surface area contributed by atoms with Crippen LogP contribution in [-0.4, -0.2) is 36.4 Å². The molecule has 1 spiro atoms. The summed E-state index contributed by atoms with van der Waals surface area (Å²) in [7, 11) is 0. The molecule has 1 aromatic rings. The Morgan fingerprint density at radius 2 is 1.81 bits per heavy atom. The zero-order valence-electron chi connectivity index (χ0n) is 15.8. The molecule has 0 saturated heterocycles. The number of allylic oxidation sites excluding steroid dienone is 1. The number of rotatable bonds is 6. The molecule has 5 nitrogen and oxygen atoms in total. The van der Waals surface area contributed by atoms with Crippen molar-refractivity contribution >= 4 is 17.7 Å². The van der Waals surface area contributed by atoms with Crippen molar-refractivity contribution in [1.82, 2.24) is 0 Å². The van der Waals surface area contributed by atoms with E-state index in [1.54, 1.807) is 19.9 Å². The Balaban J connectivity index is 2.01. The van der Waals surface area contributed by atoms with E-state index in [9.17, 15) is 9.59 Å². The lowest BCUT2D eigenvalue weighted by molar-refractivity contribution is -0.172. The summed E-state index contributed by atoms with van der Waals surface area (Å²) in [6.45, 7) is 7.80. The molecular formula is C22H25NO4. The van der Waals surface area contributed by atoms with Gasteiger partial charge in [-0.25, -0.2) is 0 Å². The van der Waals surface area contributed by atoms with Gasteiger partial charge in [0.05, 0.1) is 24.5 Å². The summed E-state index contributed by atoms with van der Waals surface area (Å²) in [5, 5.41) is 0. The molecule has 0 aromatic heterocycles. The number of esters is 2. The van der Waals surface area contributed by atoms with Gasteiger partial charge in [0, 0.05) is 12.3 Å². The molecule has 1 aliphatic heterocycles. The van der Waals surface area contributed by atoms with Crippen LogP contribution in [0.25, 0.3) is 0 Å². The Bertz CT molecular complexity index is 778. The fraction of sp³-hybridized carbons (Fsp3) is 0.409. The molecule has 2 aliphatic rings. The number of benzene rings is 1. The van der Waals surface area contributed by atoms with Crippen molar-refractivity contribution in [2.75, 3.05) is 13.2 Å². The first-order chi connectivity index (χ1) is 13.0. The third kappa shape index (κ3) is 3.22. The second-order valence-corrected chi connectivity index (χ2v) is 6.93. The van der Waals surface area contributed by atoms with Crippen molar-refractivity contribution in [2.45, 2.75) is 32.2 Å². The van der Waals surface area contributed by atoms with E-state index in [0.717, 1.165) is 11.3 Å². The Morgan fingerprint density at radius 1 is 1.19 bits per heavy atom. The maximum Gasteiger partial charge on any atom is 0.323 e. The summed E-state index contributed by atoms with van der Waals surface area (Å²) in [5.74, 6) is -1.24. The topological polar surface area (TPSA) is 65.0 Å². The molecule has 1 aliphatic carbocycles. The van der Waals surface area contributed by atoms with Gasteiger partial charge in [-0.2, -0.15) is 0 Å². The largest absolute Gasteiger partial charge is 0.465 e. The van der Waals surface area contributed by atoms with Gasteiger partial charge < -0.3 is 9.47 Å². The second-order valence-electron chi connectivity index (χ2n) is 6.93. The van der Waals surface area contributed by atoms with E-state index in [4.69, 9.17) is 14.5 Å². The minimum atomic E-state index is -1.36. The standard InChI is InChI=1S/C22H25NO4/c1-4-17-14-21(19(24)26-5-2,20(25)27-6-3)15-22(17)13-12-18(23-22)16-10-8-7-9-11-16/h4,7-13,17H,1,5-6,14-15H2,2-3H3/t17-,22+/m0/s1. The van der Waals surface area contributed by atoms with Gasteiger partial charge in [-0.3, -0.25) is 14.6 Å². The summed E-state index contributed by atoms with van der Waals surface area (Å²) in [4.78, 5) is 30.6. The number of hydrogen-bond donors (Lipinski definition) is 0. The number of ether oxygens (including phenoxy) is 2. The van der Waals surface area contributed by atoms with Crippen molar-refractivity contribution in [3.8, 4) is 0 Å². The minimum Gasteiger partial charge on any atom is -0.465 e. The van der Waals surface area contributed by atoms with Crippen LogP contribution in [0, 0.1) is 11.3 Å². The summed E-state index contributed by atoms with van der Waals surface area (Å²) >= 11 is 0. The van der Waals surface area contributed by atoms with Crippen LogP contribution in [0.2, 0.25) is 0 Å². The van der Waals surface area contributed by atoms with E-state index < -0.39 is 22.9 Å². The van der Waals surface area contributed by atoms with Gasteiger partial charge in [-0.1, -0.05) is 42.5 Å². The maximum absolute atomic E-state index is 12.8. The number of aliphatic imine (C=N–C) groups is 1. The molecule has 1 aromatic carbocycles. The molecule has 0 radical (unpaired) electrons. The third-order valence-corrected chi connectivity index (χ3v) is 5.34.